The number of rotatable bonds is 1. The summed E-state index contributed by atoms with van der Waals surface area (Å²) in [5.74, 6) is 0.662. The maximum atomic E-state index is 12.6. The van der Waals surface area contributed by atoms with E-state index >= 15 is 0 Å². The fourth-order valence-corrected chi connectivity index (χ4v) is 3.58. The summed E-state index contributed by atoms with van der Waals surface area (Å²) in [6.07, 6.45) is 6.18. The van der Waals surface area contributed by atoms with Crippen LogP contribution in [0, 0.1) is 6.92 Å². The van der Waals surface area contributed by atoms with Crippen molar-refractivity contribution >= 4 is 11.7 Å². The molecule has 2 aliphatic rings. The minimum atomic E-state index is -0.502. The van der Waals surface area contributed by atoms with Crippen molar-refractivity contribution in [3.63, 3.8) is 0 Å². The number of likely N-dealkylation sites (tertiary alicyclic amines) is 1. The van der Waals surface area contributed by atoms with Gasteiger partial charge in [0.2, 0.25) is 0 Å². The van der Waals surface area contributed by atoms with Crippen LogP contribution in [0.3, 0.4) is 0 Å². The van der Waals surface area contributed by atoms with Crippen molar-refractivity contribution in [3.05, 3.63) is 53.6 Å². The molecule has 0 aliphatic carbocycles. The van der Waals surface area contributed by atoms with E-state index in [0.717, 1.165) is 5.56 Å². The zero-order valence-corrected chi connectivity index (χ0v) is 14.1. The van der Waals surface area contributed by atoms with Gasteiger partial charge in [-0.2, -0.15) is 0 Å². The van der Waals surface area contributed by atoms with Crippen molar-refractivity contribution in [2.24, 2.45) is 0 Å². The van der Waals surface area contributed by atoms with Gasteiger partial charge < -0.3 is 9.64 Å². The molecular weight excluding hydrogens is 318 g/mol. The number of ether oxygens (including phenoxy) is 1. The third kappa shape index (κ3) is 2.88. The molecule has 6 nitrogen and oxygen atoms in total. The predicted molar refractivity (Wildman–Crippen MR) is 90.7 cm³/mol. The summed E-state index contributed by atoms with van der Waals surface area (Å²) in [4.78, 5) is 34.8. The quantitative estimate of drug-likeness (QED) is 0.799. The summed E-state index contributed by atoms with van der Waals surface area (Å²) in [5.41, 5.74) is 1.57. The molecule has 128 valence electrons. The minimum Gasteiger partial charge on any atom is -0.486 e. The maximum absolute atomic E-state index is 12.6. The lowest BCUT2D eigenvalue weighted by molar-refractivity contribution is -0.00587. The van der Waals surface area contributed by atoms with Gasteiger partial charge in [0.05, 0.1) is 18.2 Å². The molecule has 6 heteroatoms. The van der Waals surface area contributed by atoms with Gasteiger partial charge >= 0.3 is 0 Å². The second-order valence-corrected chi connectivity index (χ2v) is 6.77. The number of aryl methyl sites for hydroxylation is 1. The van der Waals surface area contributed by atoms with Gasteiger partial charge in [-0.1, -0.05) is 11.6 Å². The van der Waals surface area contributed by atoms with Gasteiger partial charge in [-0.05, 0) is 19.1 Å². The van der Waals surface area contributed by atoms with Gasteiger partial charge in [0.15, 0.2) is 5.78 Å². The zero-order valence-electron chi connectivity index (χ0n) is 14.1. The summed E-state index contributed by atoms with van der Waals surface area (Å²) in [7, 11) is 0. The van der Waals surface area contributed by atoms with Crippen LogP contribution in [-0.4, -0.2) is 45.2 Å². The lowest BCUT2D eigenvalue weighted by Crippen LogP contribution is -2.52. The van der Waals surface area contributed by atoms with Crippen molar-refractivity contribution in [3.8, 4) is 5.75 Å². The highest BCUT2D eigenvalue weighted by atomic mass is 16.5. The van der Waals surface area contributed by atoms with Crippen LogP contribution in [0.15, 0.2) is 36.8 Å². The van der Waals surface area contributed by atoms with Crippen LogP contribution in [-0.2, 0) is 0 Å². The molecule has 1 spiro atoms. The Bertz CT molecular complexity index is 827. The Balaban J connectivity index is 1.49. The number of amides is 1. The van der Waals surface area contributed by atoms with Gasteiger partial charge in [0, 0.05) is 38.3 Å². The highest BCUT2D eigenvalue weighted by Gasteiger charge is 2.43. The molecule has 2 aliphatic heterocycles. The first-order valence-electron chi connectivity index (χ1n) is 8.45. The Kier molecular flexibility index (Phi) is 3.75. The predicted octanol–water partition coefficient (Wildman–Crippen LogP) is 2.43. The Hall–Kier alpha value is -2.76. The average molecular weight is 337 g/mol. The molecule has 1 amide bonds. The number of piperidine rings is 1. The molecule has 0 atom stereocenters. The molecule has 0 saturated carbocycles. The summed E-state index contributed by atoms with van der Waals surface area (Å²) in [5, 5.41) is 0. The first kappa shape index (κ1) is 15.7. The minimum absolute atomic E-state index is 0.124. The van der Waals surface area contributed by atoms with E-state index in [9.17, 15) is 9.59 Å². The van der Waals surface area contributed by atoms with Crippen molar-refractivity contribution in [1.29, 1.82) is 0 Å². The number of hydrogen-bond acceptors (Lipinski definition) is 5. The third-order valence-corrected chi connectivity index (χ3v) is 4.99. The topological polar surface area (TPSA) is 72.4 Å². The third-order valence-electron chi connectivity index (χ3n) is 4.99. The number of nitrogens with zero attached hydrogens (tertiary/aromatic N) is 3. The second kappa shape index (κ2) is 5.95. The summed E-state index contributed by atoms with van der Waals surface area (Å²) in [6, 6.07) is 5.72. The molecule has 0 unspecified atom stereocenters. The lowest BCUT2D eigenvalue weighted by atomic mass is 9.82. The molecule has 1 aromatic carbocycles. The van der Waals surface area contributed by atoms with Crippen LogP contribution in [0.2, 0.25) is 0 Å². The fourth-order valence-electron chi connectivity index (χ4n) is 3.58. The Morgan fingerprint density at radius 3 is 2.76 bits per heavy atom. The first-order valence-corrected chi connectivity index (χ1v) is 8.45. The molecule has 2 aromatic rings. The number of ketones is 1. The SMILES string of the molecule is Cc1ccc2c(c1)C(=O)CC1(CCN(C(=O)c3cnccn3)CC1)O2. The number of benzene rings is 1. The smallest absolute Gasteiger partial charge is 0.274 e. The Morgan fingerprint density at radius 2 is 2.04 bits per heavy atom. The average Bonchev–Trinajstić information content (AvgIpc) is 2.63. The van der Waals surface area contributed by atoms with E-state index in [1.165, 1.54) is 12.4 Å². The molecule has 1 fully saturated rings. The summed E-state index contributed by atoms with van der Waals surface area (Å²) in [6.45, 7) is 3.06. The van der Waals surface area contributed by atoms with E-state index in [-0.39, 0.29) is 11.7 Å². The van der Waals surface area contributed by atoms with Crippen molar-refractivity contribution in [2.45, 2.75) is 31.8 Å². The maximum Gasteiger partial charge on any atom is 0.274 e. The molecule has 4 rings (SSSR count). The molecule has 0 N–H and O–H groups in total. The number of fused-ring (bicyclic) bond motifs is 1. The summed E-state index contributed by atoms with van der Waals surface area (Å²) < 4.78 is 6.23. The number of aromatic nitrogens is 2. The monoisotopic (exact) mass is 337 g/mol. The van der Waals surface area contributed by atoms with E-state index in [0.29, 0.717) is 49.4 Å². The van der Waals surface area contributed by atoms with Crippen LogP contribution in [0.4, 0.5) is 0 Å². The fraction of sp³-hybridized carbons (Fsp3) is 0.368. The largest absolute Gasteiger partial charge is 0.486 e. The van der Waals surface area contributed by atoms with Crippen LogP contribution in [0.25, 0.3) is 0 Å². The zero-order chi connectivity index (χ0) is 17.4. The van der Waals surface area contributed by atoms with Gasteiger partial charge in [-0.3, -0.25) is 14.6 Å². The van der Waals surface area contributed by atoms with Crippen molar-refractivity contribution < 1.29 is 14.3 Å². The molecule has 25 heavy (non-hydrogen) atoms. The van der Waals surface area contributed by atoms with E-state index in [1.54, 1.807) is 11.1 Å². The van der Waals surface area contributed by atoms with Gasteiger partial charge in [-0.15, -0.1) is 0 Å². The van der Waals surface area contributed by atoms with E-state index in [4.69, 9.17) is 4.74 Å². The van der Waals surface area contributed by atoms with Gasteiger partial charge in [-0.25, -0.2) is 4.98 Å². The molecule has 1 aromatic heterocycles. The van der Waals surface area contributed by atoms with E-state index in [2.05, 4.69) is 9.97 Å². The molecule has 3 heterocycles. The molecule has 1 saturated heterocycles. The lowest BCUT2D eigenvalue weighted by Gasteiger charge is -2.43. The van der Waals surface area contributed by atoms with Crippen molar-refractivity contribution in [2.75, 3.05) is 13.1 Å². The van der Waals surface area contributed by atoms with Crippen LogP contribution in [0.1, 0.15) is 45.7 Å². The molecule has 0 radical (unpaired) electrons. The van der Waals surface area contributed by atoms with Crippen LogP contribution in [0.5, 0.6) is 5.75 Å². The molecule has 0 bridgehead atoms. The van der Waals surface area contributed by atoms with Crippen LogP contribution >= 0.6 is 0 Å². The Labute approximate surface area is 145 Å². The van der Waals surface area contributed by atoms with Crippen LogP contribution < -0.4 is 4.74 Å². The number of carbonyl (C=O) groups excluding carboxylic acids is 2. The van der Waals surface area contributed by atoms with E-state index < -0.39 is 5.60 Å². The van der Waals surface area contributed by atoms with Gasteiger partial charge in [0.25, 0.3) is 5.91 Å². The number of hydrogen-bond donors (Lipinski definition) is 0. The summed E-state index contributed by atoms with van der Waals surface area (Å²) >= 11 is 0. The highest BCUT2D eigenvalue weighted by Crippen LogP contribution is 2.39. The van der Waals surface area contributed by atoms with Crippen molar-refractivity contribution in [1.82, 2.24) is 14.9 Å². The second-order valence-electron chi connectivity index (χ2n) is 6.77. The van der Waals surface area contributed by atoms with E-state index in [1.807, 2.05) is 25.1 Å². The Morgan fingerprint density at radius 1 is 1.24 bits per heavy atom. The number of carbonyl (C=O) groups is 2. The molecular formula is C19H19N3O3. The number of Topliss-reactive ketones (excluding diaryl/α,β-unsaturated/α-hetero) is 1. The normalized spacial score (nSPS) is 18.6. The highest BCUT2D eigenvalue weighted by molar-refractivity contribution is 6.00. The standard InChI is InChI=1S/C19H19N3O3/c1-13-2-3-17-14(10-13)16(23)11-19(25-17)4-8-22(9-5-19)18(24)15-12-20-6-7-21-15/h2-3,6-7,10,12H,4-5,8-9,11H2,1H3. The first-order chi connectivity index (χ1) is 12.1. The van der Waals surface area contributed by atoms with Gasteiger partial charge in [0.1, 0.15) is 17.0 Å².